The van der Waals surface area contributed by atoms with E-state index in [1.165, 1.54) is 25.3 Å². The van der Waals surface area contributed by atoms with E-state index in [0.29, 0.717) is 29.1 Å². The minimum Gasteiger partial charge on any atom is -0.508 e. The number of benzene rings is 2. The predicted molar refractivity (Wildman–Crippen MR) is 101 cm³/mol. The Kier molecular flexibility index (Phi) is 5.79. The largest absolute Gasteiger partial charge is 0.508 e. The molecule has 28 heavy (non-hydrogen) atoms. The van der Waals surface area contributed by atoms with Gasteiger partial charge in [0, 0.05) is 24.5 Å². The Hall–Kier alpha value is -3.54. The summed E-state index contributed by atoms with van der Waals surface area (Å²) in [6.07, 6.45) is 0.652. The van der Waals surface area contributed by atoms with Gasteiger partial charge in [-0.15, -0.1) is 0 Å². The van der Waals surface area contributed by atoms with E-state index in [-0.39, 0.29) is 23.7 Å². The lowest BCUT2D eigenvalue weighted by Crippen LogP contribution is -2.15. The fourth-order valence-corrected chi connectivity index (χ4v) is 3.01. The van der Waals surface area contributed by atoms with Crippen molar-refractivity contribution in [3.63, 3.8) is 0 Å². The van der Waals surface area contributed by atoms with Gasteiger partial charge in [-0.05, 0) is 29.8 Å². The van der Waals surface area contributed by atoms with Gasteiger partial charge in [-0.2, -0.15) is 0 Å². The van der Waals surface area contributed by atoms with Crippen LogP contribution in [0.25, 0.3) is 0 Å². The molecule has 0 amide bonds. The summed E-state index contributed by atoms with van der Waals surface area (Å²) < 4.78 is 10.6. The number of aryl methyl sites for hydroxylation is 1. The zero-order valence-corrected chi connectivity index (χ0v) is 15.3. The molecule has 1 unspecified atom stereocenters. The third-order valence-corrected chi connectivity index (χ3v) is 4.36. The first-order valence-electron chi connectivity index (χ1n) is 8.75. The van der Waals surface area contributed by atoms with Crippen LogP contribution in [0.15, 0.2) is 65.1 Å². The maximum atomic E-state index is 12.3. The summed E-state index contributed by atoms with van der Waals surface area (Å²) in [6, 6.07) is 16.2. The molecule has 1 heterocycles. The van der Waals surface area contributed by atoms with Crippen LogP contribution < -0.4 is 0 Å². The highest BCUT2D eigenvalue weighted by Crippen LogP contribution is 2.32. The maximum absolute atomic E-state index is 12.3. The Morgan fingerprint density at radius 1 is 1.00 bits per heavy atom. The van der Waals surface area contributed by atoms with Gasteiger partial charge >= 0.3 is 5.97 Å². The Balaban J connectivity index is 1.79. The molecule has 6 heteroatoms. The number of ketones is 1. The molecule has 0 bridgehead atoms. The Labute approximate surface area is 162 Å². The highest BCUT2D eigenvalue weighted by atomic mass is 16.5. The molecule has 0 saturated heterocycles. The minimum absolute atomic E-state index is 0.000900. The Bertz CT molecular complexity index is 953. The molecule has 3 aromatic rings. The van der Waals surface area contributed by atoms with E-state index in [1.807, 2.05) is 18.2 Å². The van der Waals surface area contributed by atoms with Crippen molar-refractivity contribution >= 4 is 11.8 Å². The smallest absolute Gasteiger partial charge is 0.320 e. The van der Waals surface area contributed by atoms with Gasteiger partial charge in [-0.3, -0.25) is 9.59 Å². The lowest BCUT2D eigenvalue weighted by molar-refractivity contribution is -0.141. The van der Waals surface area contributed by atoms with Crippen LogP contribution in [0, 0.1) is 0 Å². The first-order chi connectivity index (χ1) is 13.5. The Morgan fingerprint density at radius 3 is 2.32 bits per heavy atom. The third kappa shape index (κ3) is 4.40. The molecule has 2 aromatic carbocycles. The van der Waals surface area contributed by atoms with E-state index < -0.39 is 11.9 Å². The molecule has 0 aliphatic carbocycles. The van der Waals surface area contributed by atoms with Crippen LogP contribution in [0.1, 0.15) is 39.8 Å². The van der Waals surface area contributed by atoms with Gasteiger partial charge in [0.2, 0.25) is 0 Å². The number of esters is 1. The number of Topliss-reactive ketones (excluding diaryl/α,β-unsaturated/α-hetero) is 1. The van der Waals surface area contributed by atoms with Crippen molar-refractivity contribution in [1.82, 2.24) is 0 Å². The van der Waals surface area contributed by atoms with E-state index in [4.69, 9.17) is 9.15 Å². The number of methoxy groups -OCH3 is 1. The molecular weight excluding hydrogens is 360 g/mol. The molecular formula is C22H20O6. The number of phenolic OH excluding ortho intramolecular Hbond substituents is 2. The lowest BCUT2D eigenvalue weighted by atomic mass is 9.96. The lowest BCUT2D eigenvalue weighted by Gasteiger charge is -2.13. The molecule has 0 aliphatic heterocycles. The van der Waals surface area contributed by atoms with Crippen molar-refractivity contribution in [2.75, 3.05) is 7.11 Å². The van der Waals surface area contributed by atoms with E-state index in [9.17, 15) is 19.8 Å². The monoisotopic (exact) mass is 380 g/mol. The van der Waals surface area contributed by atoms with Crippen LogP contribution in [0.5, 0.6) is 11.5 Å². The molecule has 0 fully saturated rings. The number of carbonyl (C=O) groups excluding carboxylic acids is 2. The number of furan rings is 1. The quantitative estimate of drug-likeness (QED) is 0.478. The van der Waals surface area contributed by atoms with Crippen LogP contribution in [0.4, 0.5) is 0 Å². The van der Waals surface area contributed by atoms with Crippen molar-refractivity contribution in [3.05, 3.63) is 83.3 Å². The number of rotatable bonds is 7. The predicted octanol–water partition coefficient (Wildman–Crippen LogP) is 3.81. The van der Waals surface area contributed by atoms with E-state index in [1.54, 1.807) is 24.3 Å². The number of carbonyl (C=O) groups is 2. The number of ether oxygens (including phenoxy) is 1. The summed E-state index contributed by atoms with van der Waals surface area (Å²) in [7, 11) is 1.25. The topological polar surface area (TPSA) is 97.0 Å². The van der Waals surface area contributed by atoms with Crippen molar-refractivity contribution in [3.8, 4) is 11.5 Å². The average Bonchev–Trinajstić information content (AvgIpc) is 3.14. The van der Waals surface area contributed by atoms with Crippen molar-refractivity contribution in [2.24, 2.45) is 0 Å². The second kappa shape index (κ2) is 8.43. The van der Waals surface area contributed by atoms with Gasteiger partial charge in [0.1, 0.15) is 28.9 Å². The normalized spacial score (nSPS) is 11.8. The summed E-state index contributed by atoms with van der Waals surface area (Å²) in [5, 5.41) is 19.4. The van der Waals surface area contributed by atoms with Crippen molar-refractivity contribution in [1.29, 1.82) is 0 Å². The van der Waals surface area contributed by atoms with Gasteiger partial charge < -0.3 is 19.4 Å². The fourth-order valence-electron chi connectivity index (χ4n) is 3.01. The number of hydrogen-bond donors (Lipinski definition) is 2. The van der Waals surface area contributed by atoms with Gasteiger partial charge in [0.05, 0.1) is 7.11 Å². The first kappa shape index (κ1) is 19.2. The molecule has 0 saturated carbocycles. The second-order valence-corrected chi connectivity index (χ2v) is 6.33. The second-order valence-electron chi connectivity index (χ2n) is 6.33. The first-order valence-corrected chi connectivity index (χ1v) is 8.75. The van der Waals surface area contributed by atoms with E-state index in [2.05, 4.69) is 0 Å². The summed E-state index contributed by atoms with van der Waals surface area (Å²) in [6.45, 7) is 0. The van der Waals surface area contributed by atoms with Gasteiger partial charge in [-0.1, -0.05) is 30.3 Å². The van der Waals surface area contributed by atoms with Gasteiger partial charge in [-0.25, -0.2) is 0 Å². The summed E-state index contributed by atoms with van der Waals surface area (Å²) in [5.41, 5.74) is 0.975. The standard InChI is InChI=1S/C22H20O6/c1-27-22(26)21(15-11-16(23)13-17(24)12-15)20-10-8-18(28-20)7-9-19(25)14-5-3-2-4-6-14/h2-6,8,10-13,21,23-24H,7,9H2,1H3. The minimum atomic E-state index is -0.943. The molecule has 0 radical (unpaired) electrons. The van der Waals surface area contributed by atoms with Crippen LogP contribution in [-0.4, -0.2) is 29.1 Å². The molecule has 144 valence electrons. The van der Waals surface area contributed by atoms with Crippen molar-refractivity contribution < 1.29 is 29.0 Å². The highest BCUT2D eigenvalue weighted by molar-refractivity contribution is 5.96. The molecule has 2 N–H and O–H groups in total. The molecule has 0 spiro atoms. The molecule has 0 aliphatic rings. The molecule has 1 atom stereocenters. The summed E-state index contributed by atoms with van der Waals surface area (Å²) in [5.74, 6) is -1.03. The number of phenols is 2. The van der Waals surface area contributed by atoms with E-state index in [0.717, 1.165) is 0 Å². The maximum Gasteiger partial charge on any atom is 0.320 e. The summed E-state index contributed by atoms with van der Waals surface area (Å²) >= 11 is 0. The van der Waals surface area contributed by atoms with Crippen LogP contribution in [-0.2, 0) is 16.0 Å². The van der Waals surface area contributed by atoms with Crippen LogP contribution in [0.3, 0.4) is 0 Å². The molecule has 6 nitrogen and oxygen atoms in total. The highest BCUT2D eigenvalue weighted by Gasteiger charge is 2.28. The SMILES string of the molecule is COC(=O)C(c1cc(O)cc(O)c1)c1ccc(CCC(=O)c2ccccc2)o1. The van der Waals surface area contributed by atoms with Gasteiger partial charge in [0.15, 0.2) is 5.78 Å². The van der Waals surface area contributed by atoms with Gasteiger partial charge in [0.25, 0.3) is 0 Å². The molecule has 1 aromatic heterocycles. The summed E-state index contributed by atoms with van der Waals surface area (Å²) in [4.78, 5) is 24.5. The zero-order valence-electron chi connectivity index (χ0n) is 15.3. The van der Waals surface area contributed by atoms with E-state index >= 15 is 0 Å². The molecule has 3 rings (SSSR count). The number of hydrogen-bond acceptors (Lipinski definition) is 6. The van der Waals surface area contributed by atoms with Crippen LogP contribution >= 0.6 is 0 Å². The third-order valence-electron chi connectivity index (χ3n) is 4.36. The zero-order chi connectivity index (χ0) is 20.1. The number of aromatic hydroxyl groups is 2. The fraction of sp³-hybridized carbons (Fsp3) is 0.182. The average molecular weight is 380 g/mol. The Morgan fingerprint density at radius 2 is 1.68 bits per heavy atom. The van der Waals surface area contributed by atoms with Crippen molar-refractivity contribution in [2.45, 2.75) is 18.8 Å². The van der Waals surface area contributed by atoms with Crippen LogP contribution in [0.2, 0.25) is 0 Å².